The van der Waals surface area contributed by atoms with Crippen LogP contribution in [0.25, 0.3) is 0 Å². The number of thioether (sulfide) groups is 1. The lowest BCUT2D eigenvalue weighted by atomic mass is 10.2. The lowest BCUT2D eigenvalue weighted by Crippen LogP contribution is -2.35. The number of hydrogen-bond acceptors (Lipinski definition) is 8. The summed E-state index contributed by atoms with van der Waals surface area (Å²) >= 11 is 1.35. The number of aliphatic hydroxyl groups is 2. The maximum atomic E-state index is 10.3. The third-order valence-corrected chi connectivity index (χ3v) is 3.01. The molecule has 0 aromatic rings. The van der Waals surface area contributed by atoms with Crippen molar-refractivity contribution in [2.45, 2.75) is 24.6 Å². The molecule has 2 unspecified atom stereocenters. The van der Waals surface area contributed by atoms with Gasteiger partial charge in [0.1, 0.15) is 12.2 Å². The molecule has 0 aliphatic carbocycles. The van der Waals surface area contributed by atoms with Gasteiger partial charge in [-0.2, -0.15) is 11.8 Å². The van der Waals surface area contributed by atoms with Crippen LogP contribution in [-0.4, -0.2) is 46.8 Å². The van der Waals surface area contributed by atoms with E-state index >= 15 is 0 Å². The fourth-order valence-electron chi connectivity index (χ4n) is 1.23. The minimum absolute atomic E-state index is 0.361. The number of phosphoric acid groups is 1. The zero-order chi connectivity index (χ0) is 11.6. The average Bonchev–Trinajstić information content (AvgIpc) is 2.32. The number of ether oxygens (including phenoxy) is 1. The van der Waals surface area contributed by atoms with E-state index in [0.29, 0.717) is 5.75 Å². The second kappa shape index (κ2) is 5.11. The van der Waals surface area contributed by atoms with Gasteiger partial charge in [0, 0.05) is 5.75 Å². The molecule has 1 rings (SSSR count). The van der Waals surface area contributed by atoms with Crippen molar-refractivity contribution in [3.8, 4) is 0 Å². The van der Waals surface area contributed by atoms with Crippen LogP contribution >= 0.6 is 19.6 Å². The fraction of sp³-hybridized carbons (Fsp3) is 1.00. The van der Waals surface area contributed by atoms with Crippen LogP contribution in [0.15, 0.2) is 0 Å². The van der Waals surface area contributed by atoms with Gasteiger partial charge in [0.05, 0.1) is 13.9 Å². The average molecular weight is 258 g/mol. The molecule has 4 atom stereocenters. The van der Waals surface area contributed by atoms with E-state index in [9.17, 15) is 24.6 Å². The van der Waals surface area contributed by atoms with Gasteiger partial charge in [0.25, 0.3) is 0 Å². The standard InChI is InChI=1S/C6H13O7PS/c1-15-2-3-4(7)5(8)6(12-3)13-14(9,10)11/h3-8H,2H2,1H3,(H2,9,10,11)/p-2/t3?,4-,5-,6?/m1/s1. The zero-order valence-corrected chi connectivity index (χ0v) is 9.52. The summed E-state index contributed by atoms with van der Waals surface area (Å²) in [6, 6.07) is 0. The van der Waals surface area contributed by atoms with Crippen LogP contribution in [0.1, 0.15) is 0 Å². The van der Waals surface area contributed by atoms with Crippen LogP contribution in [-0.2, 0) is 13.8 Å². The Balaban J connectivity index is 2.59. The normalized spacial score (nSPS) is 37.1. The molecule has 1 fully saturated rings. The molecule has 2 N–H and O–H groups in total. The van der Waals surface area contributed by atoms with Crippen LogP contribution in [0.4, 0.5) is 0 Å². The van der Waals surface area contributed by atoms with E-state index in [1.165, 1.54) is 11.8 Å². The SMILES string of the molecule is CSCC1OC(OP(=O)([O-])[O-])[C@H](O)[C@@H]1O. The van der Waals surface area contributed by atoms with Crippen molar-refractivity contribution >= 4 is 19.6 Å². The van der Waals surface area contributed by atoms with Crippen molar-refractivity contribution in [1.82, 2.24) is 0 Å². The van der Waals surface area contributed by atoms with E-state index in [0.717, 1.165) is 0 Å². The number of hydrogen-bond donors (Lipinski definition) is 2. The van der Waals surface area contributed by atoms with Gasteiger partial charge in [-0.25, -0.2) is 0 Å². The molecular weight excluding hydrogens is 247 g/mol. The smallest absolute Gasteiger partial charge is 0.191 e. The van der Waals surface area contributed by atoms with Gasteiger partial charge in [0.15, 0.2) is 6.29 Å². The largest absolute Gasteiger partial charge is 0.790 e. The summed E-state index contributed by atoms with van der Waals surface area (Å²) in [5, 5.41) is 18.7. The summed E-state index contributed by atoms with van der Waals surface area (Å²) in [4.78, 5) is 20.6. The first-order valence-corrected chi connectivity index (χ1v) is 6.91. The van der Waals surface area contributed by atoms with Crippen LogP contribution in [0, 0.1) is 0 Å². The Bertz CT molecular complexity index is 256. The van der Waals surface area contributed by atoms with Crippen molar-refractivity contribution < 1.29 is 33.8 Å². The Morgan fingerprint density at radius 1 is 1.47 bits per heavy atom. The molecule has 0 spiro atoms. The van der Waals surface area contributed by atoms with Crippen LogP contribution in [0.2, 0.25) is 0 Å². The van der Waals surface area contributed by atoms with Crippen LogP contribution in [0.5, 0.6) is 0 Å². The van der Waals surface area contributed by atoms with E-state index in [1.54, 1.807) is 6.26 Å². The van der Waals surface area contributed by atoms with Gasteiger partial charge in [-0.1, -0.05) is 0 Å². The topological polar surface area (TPSA) is 122 Å². The molecule has 0 bridgehead atoms. The molecule has 1 aliphatic heterocycles. The Morgan fingerprint density at radius 2 is 2.07 bits per heavy atom. The summed E-state index contributed by atoms with van der Waals surface area (Å²) in [7, 11) is -5.23. The summed E-state index contributed by atoms with van der Waals surface area (Å²) in [5.41, 5.74) is 0. The van der Waals surface area contributed by atoms with Crippen molar-refractivity contribution in [3.63, 3.8) is 0 Å². The molecule has 1 saturated heterocycles. The van der Waals surface area contributed by atoms with Gasteiger partial charge < -0.3 is 33.8 Å². The number of phosphoric ester groups is 1. The number of rotatable bonds is 4. The molecule has 0 aromatic carbocycles. The fourth-order valence-corrected chi connectivity index (χ4v) is 2.26. The van der Waals surface area contributed by atoms with Crippen molar-refractivity contribution in [3.05, 3.63) is 0 Å². The number of aliphatic hydroxyl groups excluding tert-OH is 2. The monoisotopic (exact) mass is 258 g/mol. The zero-order valence-electron chi connectivity index (χ0n) is 7.81. The minimum atomic E-state index is -5.23. The predicted molar refractivity (Wildman–Crippen MR) is 47.7 cm³/mol. The first-order chi connectivity index (χ1) is 6.85. The summed E-state index contributed by atoms with van der Waals surface area (Å²) in [5.74, 6) is 0.361. The van der Waals surface area contributed by atoms with E-state index in [-0.39, 0.29) is 0 Å². The van der Waals surface area contributed by atoms with Crippen molar-refractivity contribution in [1.29, 1.82) is 0 Å². The highest BCUT2D eigenvalue weighted by atomic mass is 32.2. The highest BCUT2D eigenvalue weighted by molar-refractivity contribution is 7.98. The van der Waals surface area contributed by atoms with Crippen molar-refractivity contribution in [2.24, 2.45) is 0 Å². The van der Waals surface area contributed by atoms with Gasteiger partial charge in [-0.3, -0.25) is 0 Å². The molecule has 0 radical (unpaired) electrons. The van der Waals surface area contributed by atoms with E-state index < -0.39 is 32.4 Å². The molecule has 0 amide bonds. The molecule has 1 heterocycles. The van der Waals surface area contributed by atoms with Gasteiger partial charge in [0.2, 0.25) is 0 Å². The summed E-state index contributed by atoms with van der Waals surface area (Å²) < 4.78 is 19.1. The van der Waals surface area contributed by atoms with Crippen molar-refractivity contribution in [2.75, 3.05) is 12.0 Å². The molecule has 9 heteroatoms. The molecule has 90 valence electrons. The lowest BCUT2D eigenvalue weighted by molar-refractivity contribution is -0.354. The van der Waals surface area contributed by atoms with Gasteiger partial charge in [-0.05, 0) is 6.26 Å². The van der Waals surface area contributed by atoms with E-state index in [2.05, 4.69) is 4.52 Å². The van der Waals surface area contributed by atoms with E-state index in [4.69, 9.17) is 4.74 Å². The highest BCUT2D eigenvalue weighted by Gasteiger charge is 2.43. The maximum Gasteiger partial charge on any atom is 0.191 e. The highest BCUT2D eigenvalue weighted by Crippen LogP contribution is 2.34. The Morgan fingerprint density at radius 3 is 2.53 bits per heavy atom. The first kappa shape index (κ1) is 13.4. The summed E-state index contributed by atoms with van der Waals surface area (Å²) in [6.45, 7) is 0. The Labute approximate surface area is 90.6 Å². The predicted octanol–water partition coefficient (Wildman–Crippen LogP) is -2.36. The van der Waals surface area contributed by atoms with E-state index in [1.807, 2.05) is 0 Å². The van der Waals surface area contributed by atoms with Gasteiger partial charge in [-0.15, -0.1) is 0 Å². The third kappa shape index (κ3) is 3.69. The molecule has 7 nitrogen and oxygen atoms in total. The molecular formula is C6H11O7PS-2. The lowest BCUT2D eigenvalue weighted by Gasteiger charge is -2.32. The summed E-state index contributed by atoms with van der Waals surface area (Å²) in [6.07, 6.45) is -3.39. The Kier molecular flexibility index (Phi) is 4.57. The van der Waals surface area contributed by atoms with Gasteiger partial charge >= 0.3 is 0 Å². The minimum Gasteiger partial charge on any atom is -0.790 e. The van der Waals surface area contributed by atoms with Crippen LogP contribution in [0.3, 0.4) is 0 Å². The second-order valence-electron chi connectivity index (χ2n) is 3.03. The molecule has 1 aliphatic rings. The first-order valence-electron chi connectivity index (χ1n) is 4.06. The van der Waals surface area contributed by atoms with Crippen LogP contribution < -0.4 is 9.79 Å². The second-order valence-corrected chi connectivity index (χ2v) is 5.05. The maximum absolute atomic E-state index is 10.3. The quantitative estimate of drug-likeness (QED) is 0.537. The molecule has 0 aromatic heterocycles. The Hall–Kier alpha value is 0.340. The third-order valence-electron chi connectivity index (χ3n) is 1.88. The molecule has 15 heavy (non-hydrogen) atoms. The molecule has 0 saturated carbocycles.